The molecule has 0 spiro atoms. The molecule has 0 aliphatic heterocycles. The van der Waals surface area contributed by atoms with Gasteiger partial charge in [-0.1, -0.05) is 11.8 Å². The second-order valence-corrected chi connectivity index (χ2v) is 6.35. The van der Waals surface area contributed by atoms with Crippen molar-refractivity contribution in [3.8, 4) is 11.8 Å². The molecule has 2 aromatic heterocycles. The first-order valence-electron chi connectivity index (χ1n) is 5.94. The molecule has 20 heavy (non-hydrogen) atoms. The lowest BCUT2D eigenvalue weighted by molar-refractivity contribution is 0.0916. The number of thiophene rings is 1. The van der Waals surface area contributed by atoms with Gasteiger partial charge in [0.15, 0.2) is 0 Å². The second-order valence-electron chi connectivity index (χ2n) is 4.54. The van der Waals surface area contributed by atoms with Gasteiger partial charge in [-0.05, 0) is 25.3 Å². The average Bonchev–Trinajstić information content (AvgIpc) is 3.06. The number of thiazole rings is 1. The van der Waals surface area contributed by atoms with Crippen LogP contribution >= 0.6 is 22.7 Å². The summed E-state index contributed by atoms with van der Waals surface area (Å²) in [5.74, 6) is 5.16. The van der Waals surface area contributed by atoms with Crippen LogP contribution in [0.4, 0.5) is 0 Å². The summed E-state index contributed by atoms with van der Waals surface area (Å²) in [7, 11) is 0. The fourth-order valence-electron chi connectivity index (χ4n) is 1.64. The van der Waals surface area contributed by atoms with E-state index in [1.165, 1.54) is 22.7 Å². The Kier molecular flexibility index (Phi) is 4.55. The van der Waals surface area contributed by atoms with Gasteiger partial charge in [0.05, 0.1) is 5.54 Å². The molecule has 0 saturated heterocycles. The summed E-state index contributed by atoms with van der Waals surface area (Å²) < 4.78 is 0. The van der Waals surface area contributed by atoms with E-state index in [1.807, 2.05) is 24.6 Å². The third-order valence-electron chi connectivity index (χ3n) is 2.57. The summed E-state index contributed by atoms with van der Waals surface area (Å²) in [6.07, 6.45) is 1.72. The van der Waals surface area contributed by atoms with E-state index in [4.69, 9.17) is 5.11 Å². The number of hydrogen-bond acceptors (Lipinski definition) is 5. The summed E-state index contributed by atoms with van der Waals surface area (Å²) in [5, 5.41) is 16.2. The first-order valence-corrected chi connectivity index (χ1v) is 7.70. The van der Waals surface area contributed by atoms with Gasteiger partial charge in [-0.15, -0.1) is 22.7 Å². The van der Waals surface area contributed by atoms with Gasteiger partial charge in [-0.2, -0.15) is 0 Å². The quantitative estimate of drug-likeness (QED) is 0.855. The van der Waals surface area contributed by atoms with Gasteiger partial charge in [-0.25, -0.2) is 4.98 Å². The van der Waals surface area contributed by atoms with E-state index in [0.29, 0.717) is 10.4 Å². The van der Waals surface area contributed by atoms with Crippen molar-refractivity contribution >= 4 is 28.6 Å². The molecular formula is C14H14N2O2S2. The SMILES string of the molecule is CC(C)(NC(=O)c1sccc1C#CCO)c1nccs1. The zero-order chi connectivity index (χ0) is 14.6. The van der Waals surface area contributed by atoms with Crippen LogP contribution < -0.4 is 5.32 Å². The molecule has 0 aliphatic rings. The number of aliphatic hydroxyl groups excluding tert-OH is 1. The molecule has 2 N–H and O–H groups in total. The molecule has 4 nitrogen and oxygen atoms in total. The van der Waals surface area contributed by atoms with E-state index < -0.39 is 5.54 Å². The van der Waals surface area contributed by atoms with Gasteiger partial charge < -0.3 is 10.4 Å². The van der Waals surface area contributed by atoms with Crippen molar-refractivity contribution in [1.29, 1.82) is 0 Å². The lowest BCUT2D eigenvalue weighted by Gasteiger charge is -2.23. The third-order valence-corrected chi connectivity index (χ3v) is 4.58. The third kappa shape index (κ3) is 3.25. The number of nitrogens with one attached hydrogen (secondary N) is 1. The van der Waals surface area contributed by atoms with E-state index >= 15 is 0 Å². The van der Waals surface area contributed by atoms with Crippen molar-refractivity contribution < 1.29 is 9.90 Å². The molecule has 2 aromatic rings. The maximum absolute atomic E-state index is 12.3. The van der Waals surface area contributed by atoms with Crippen LogP contribution in [0.1, 0.15) is 34.1 Å². The van der Waals surface area contributed by atoms with Gasteiger partial charge in [0.1, 0.15) is 16.5 Å². The minimum atomic E-state index is -0.531. The summed E-state index contributed by atoms with van der Waals surface area (Å²) in [6, 6.07) is 1.78. The molecule has 0 unspecified atom stereocenters. The van der Waals surface area contributed by atoms with Gasteiger partial charge in [0.25, 0.3) is 5.91 Å². The maximum atomic E-state index is 12.3. The fourth-order valence-corrected chi connectivity index (χ4v) is 3.11. The van der Waals surface area contributed by atoms with Crippen LogP contribution in [0.3, 0.4) is 0 Å². The van der Waals surface area contributed by atoms with Crippen LogP contribution in [0.25, 0.3) is 0 Å². The predicted molar refractivity (Wildman–Crippen MR) is 80.9 cm³/mol. The lowest BCUT2D eigenvalue weighted by Crippen LogP contribution is -2.40. The summed E-state index contributed by atoms with van der Waals surface area (Å²) >= 11 is 2.84. The standard InChI is InChI=1S/C14H14N2O2S2/c1-14(2,13-15-6-9-20-13)16-12(18)11-10(4-3-7-17)5-8-19-11/h5-6,8-9,17H,7H2,1-2H3,(H,16,18). The summed E-state index contributed by atoms with van der Waals surface area (Å²) in [5.41, 5.74) is 0.105. The van der Waals surface area contributed by atoms with E-state index in [0.717, 1.165) is 5.01 Å². The number of amides is 1. The molecule has 0 radical (unpaired) electrons. The maximum Gasteiger partial charge on any atom is 0.263 e. The average molecular weight is 306 g/mol. The minimum absolute atomic E-state index is 0.178. The first-order chi connectivity index (χ1) is 9.54. The van der Waals surface area contributed by atoms with Gasteiger partial charge in [-0.3, -0.25) is 4.79 Å². The molecular weight excluding hydrogens is 292 g/mol. The zero-order valence-corrected chi connectivity index (χ0v) is 12.8. The highest BCUT2D eigenvalue weighted by atomic mass is 32.1. The Bertz CT molecular complexity index is 648. The van der Waals surface area contributed by atoms with Gasteiger partial charge in [0, 0.05) is 17.1 Å². The van der Waals surface area contributed by atoms with Crippen molar-refractivity contribution in [2.45, 2.75) is 19.4 Å². The van der Waals surface area contributed by atoms with Crippen LogP contribution in [0.2, 0.25) is 0 Å². The number of nitrogens with zero attached hydrogens (tertiary/aromatic N) is 1. The monoisotopic (exact) mass is 306 g/mol. The van der Waals surface area contributed by atoms with Crippen molar-refractivity contribution in [2.75, 3.05) is 6.61 Å². The molecule has 0 atom stereocenters. The van der Waals surface area contributed by atoms with E-state index in [9.17, 15) is 4.79 Å². The zero-order valence-electron chi connectivity index (χ0n) is 11.1. The minimum Gasteiger partial charge on any atom is -0.384 e. The Morgan fingerprint density at radius 2 is 2.25 bits per heavy atom. The van der Waals surface area contributed by atoms with Crippen molar-refractivity contribution in [1.82, 2.24) is 10.3 Å². The smallest absolute Gasteiger partial charge is 0.263 e. The van der Waals surface area contributed by atoms with Crippen molar-refractivity contribution in [2.24, 2.45) is 0 Å². The summed E-state index contributed by atoms with van der Waals surface area (Å²) in [4.78, 5) is 17.1. The van der Waals surface area contributed by atoms with Crippen LogP contribution in [-0.4, -0.2) is 22.6 Å². The Balaban J connectivity index is 2.19. The highest BCUT2D eigenvalue weighted by Crippen LogP contribution is 2.24. The Hall–Kier alpha value is -1.68. The van der Waals surface area contributed by atoms with Gasteiger partial charge >= 0.3 is 0 Å². The van der Waals surface area contributed by atoms with E-state index in [1.54, 1.807) is 12.3 Å². The highest BCUT2D eigenvalue weighted by molar-refractivity contribution is 7.12. The number of hydrogen-bond donors (Lipinski definition) is 2. The molecule has 2 heterocycles. The number of aromatic nitrogens is 1. The lowest BCUT2D eigenvalue weighted by atomic mass is 10.1. The van der Waals surface area contributed by atoms with E-state index in [2.05, 4.69) is 22.1 Å². The van der Waals surface area contributed by atoms with E-state index in [-0.39, 0.29) is 12.5 Å². The van der Waals surface area contributed by atoms with Crippen molar-refractivity contribution in [3.63, 3.8) is 0 Å². The topological polar surface area (TPSA) is 62.2 Å². The number of carbonyl (C=O) groups is 1. The normalized spacial score (nSPS) is 10.8. The second kappa shape index (κ2) is 6.18. The van der Waals surface area contributed by atoms with Crippen LogP contribution in [0.15, 0.2) is 23.0 Å². The Morgan fingerprint density at radius 1 is 1.45 bits per heavy atom. The van der Waals surface area contributed by atoms with Gasteiger partial charge in [0.2, 0.25) is 0 Å². The Labute approximate surface area is 125 Å². The molecule has 2 rings (SSSR count). The molecule has 0 aliphatic carbocycles. The summed E-state index contributed by atoms with van der Waals surface area (Å²) in [6.45, 7) is 3.61. The van der Waals surface area contributed by atoms with Crippen LogP contribution in [-0.2, 0) is 5.54 Å². The number of aliphatic hydroxyl groups is 1. The first kappa shape index (κ1) is 14.7. The molecule has 0 fully saturated rings. The molecule has 0 saturated carbocycles. The van der Waals surface area contributed by atoms with Crippen molar-refractivity contribution in [3.05, 3.63) is 38.5 Å². The largest absolute Gasteiger partial charge is 0.384 e. The van der Waals surface area contributed by atoms with Crippen LogP contribution in [0, 0.1) is 11.8 Å². The Morgan fingerprint density at radius 3 is 2.90 bits per heavy atom. The molecule has 0 bridgehead atoms. The molecule has 104 valence electrons. The molecule has 6 heteroatoms. The number of carbonyl (C=O) groups excluding carboxylic acids is 1. The number of rotatable bonds is 3. The predicted octanol–water partition coefficient (Wildman–Crippen LogP) is 2.21. The molecule has 0 aromatic carbocycles. The molecule has 1 amide bonds. The fraction of sp³-hybridized carbons (Fsp3) is 0.286. The highest BCUT2D eigenvalue weighted by Gasteiger charge is 2.27. The van der Waals surface area contributed by atoms with Crippen LogP contribution in [0.5, 0.6) is 0 Å².